The van der Waals surface area contributed by atoms with E-state index in [2.05, 4.69) is 0 Å². The average Bonchev–Trinajstić information content (AvgIpc) is 3.02. The molecule has 0 bridgehead atoms. The van der Waals surface area contributed by atoms with Gasteiger partial charge in [0.1, 0.15) is 11.8 Å². The van der Waals surface area contributed by atoms with Crippen LogP contribution in [-0.2, 0) is 9.53 Å². The number of nitrogens with zero attached hydrogens (tertiary/aromatic N) is 1. The van der Waals surface area contributed by atoms with E-state index < -0.39 is 36.2 Å². The van der Waals surface area contributed by atoms with Crippen molar-refractivity contribution in [1.82, 2.24) is 4.90 Å². The summed E-state index contributed by atoms with van der Waals surface area (Å²) in [6.07, 6.45) is 1.50. The summed E-state index contributed by atoms with van der Waals surface area (Å²) in [4.78, 5) is 52.0. The molecule has 1 aliphatic rings. The van der Waals surface area contributed by atoms with Crippen LogP contribution in [0.1, 0.15) is 57.3 Å². The smallest absolute Gasteiger partial charge is 0.329 e. The summed E-state index contributed by atoms with van der Waals surface area (Å²) in [6.45, 7) is 1.38. The van der Waals surface area contributed by atoms with E-state index in [1.54, 1.807) is 18.2 Å². The fourth-order valence-electron chi connectivity index (χ4n) is 3.40. The molecule has 2 aromatic rings. The third-order valence-corrected chi connectivity index (χ3v) is 5.83. The first-order valence-corrected chi connectivity index (χ1v) is 10.7. The van der Waals surface area contributed by atoms with Gasteiger partial charge in [-0.3, -0.25) is 19.3 Å². The zero-order chi connectivity index (χ0) is 23.4. The van der Waals surface area contributed by atoms with E-state index in [0.717, 1.165) is 11.3 Å². The molecule has 0 radical (unpaired) electrons. The number of hydrogen-bond acceptors (Lipinski definition) is 6. The molecule has 0 fully saturated rings. The highest BCUT2D eigenvalue weighted by molar-refractivity contribution is 6.43. The van der Waals surface area contributed by atoms with Crippen molar-refractivity contribution in [3.63, 3.8) is 0 Å². The average molecular weight is 478 g/mol. The lowest BCUT2D eigenvalue weighted by molar-refractivity contribution is -0.147. The summed E-state index contributed by atoms with van der Waals surface area (Å²) in [7, 11) is 1.48. The van der Waals surface area contributed by atoms with Gasteiger partial charge in [-0.2, -0.15) is 0 Å². The van der Waals surface area contributed by atoms with Crippen molar-refractivity contribution in [2.75, 3.05) is 13.7 Å². The van der Waals surface area contributed by atoms with Crippen LogP contribution in [-0.4, -0.2) is 48.2 Å². The predicted molar refractivity (Wildman–Crippen MR) is 119 cm³/mol. The molecule has 7 nitrogen and oxygen atoms in total. The Morgan fingerprint density at radius 1 is 1.03 bits per heavy atom. The van der Waals surface area contributed by atoms with Gasteiger partial charge in [-0.05, 0) is 30.7 Å². The monoisotopic (exact) mass is 477 g/mol. The van der Waals surface area contributed by atoms with Crippen LogP contribution in [0, 0.1) is 0 Å². The first-order chi connectivity index (χ1) is 15.3. The van der Waals surface area contributed by atoms with Crippen LogP contribution in [0.4, 0.5) is 0 Å². The first kappa shape index (κ1) is 23.8. The number of amides is 2. The van der Waals surface area contributed by atoms with E-state index >= 15 is 0 Å². The van der Waals surface area contributed by atoms with Crippen molar-refractivity contribution < 1.29 is 28.7 Å². The maximum atomic E-state index is 12.9. The molecule has 9 heteroatoms. The van der Waals surface area contributed by atoms with Crippen molar-refractivity contribution in [2.45, 2.75) is 32.2 Å². The summed E-state index contributed by atoms with van der Waals surface area (Å²) in [6, 6.07) is 7.89. The molecule has 0 aromatic heterocycles. The van der Waals surface area contributed by atoms with Crippen molar-refractivity contribution in [3.05, 3.63) is 63.1 Å². The Morgan fingerprint density at radius 2 is 1.66 bits per heavy atom. The van der Waals surface area contributed by atoms with Gasteiger partial charge in [0.15, 0.2) is 12.4 Å². The van der Waals surface area contributed by atoms with Crippen LogP contribution in [0.3, 0.4) is 0 Å². The zero-order valence-corrected chi connectivity index (χ0v) is 19.0. The molecule has 3 rings (SSSR count). The second-order valence-corrected chi connectivity index (χ2v) is 8.03. The number of fused-ring (bicyclic) bond motifs is 1. The number of unbranched alkanes of at least 4 members (excludes halogenated alkanes) is 1. The largest absolute Gasteiger partial charge is 0.497 e. The maximum Gasteiger partial charge on any atom is 0.329 e. The zero-order valence-electron chi connectivity index (χ0n) is 17.5. The molecule has 2 aromatic carbocycles. The molecule has 0 N–H and O–H groups in total. The molecule has 0 aliphatic carbocycles. The number of ether oxygens (including phenoxy) is 2. The minimum atomic E-state index is -1.17. The summed E-state index contributed by atoms with van der Waals surface area (Å²) in [5.74, 6) is -2.08. The Bertz CT molecular complexity index is 1040. The number of ketones is 1. The highest BCUT2D eigenvalue weighted by atomic mass is 35.5. The van der Waals surface area contributed by atoms with Crippen molar-refractivity contribution >= 4 is 46.8 Å². The van der Waals surface area contributed by atoms with E-state index in [1.165, 1.54) is 25.3 Å². The molecule has 2 amide bonds. The highest BCUT2D eigenvalue weighted by Crippen LogP contribution is 2.33. The molecular formula is C23H21Cl2NO6. The molecular weight excluding hydrogens is 457 g/mol. The number of carbonyl (C=O) groups is 4. The second kappa shape index (κ2) is 10.1. The maximum absolute atomic E-state index is 12.9. The second-order valence-electron chi connectivity index (χ2n) is 7.21. The number of hydrogen-bond donors (Lipinski definition) is 0. The summed E-state index contributed by atoms with van der Waals surface area (Å²) in [5, 5.41) is 0.259. The lowest BCUT2D eigenvalue weighted by Crippen LogP contribution is -2.46. The van der Waals surface area contributed by atoms with E-state index in [-0.39, 0.29) is 27.6 Å². The van der Waals surface area contributed by atoms with Gasteiger partial charge in [0, 0.05) is 5.56 Å². The van der Waals surface area contributed by atoms with Crippen LogP contribution >= 0.6 is 23.2 Å². The number of methoxy groups -OCH3 is 1. The van der Waals surface area contributed by atoms with Gasteiger partial charge in [-0.1, -0.05) is 55.1 Å². The van der Waals surface area contributed by atoms with Crippen molar-refractivity contribution in [2.24, 2.45) is 0 Å². The standard InChI is InChI=1S/C23H21Cl2NO6/c1-3-4-8-19(23(30)32-12-20(27)13-6-5-7-14(9-13)31-2)26-21(28)15-10-17(24)18(25)11-16(15)22(26)29/h5-7,9-11,19H,3-4,8,12H2,1-2H3/t19-/m1/s1. The fourth-order valence-corrected chi connectivity index (χ4v) is 3.73. The number of esters is 1. The Balaban J connectivity index is 1.78. The number of imide groups is 1. The van der Waals surface area contributed by atoms with Gasteiger partial charge in [0.05, 0.1) is 28.3 Å². The number of carbonyl (C=O) groups excluding carboxylic acids is 4. The number of benzene rings is 2. The predicted octanol–water partition coefficient (Wildman–Crippen LogP) is 4.58. The van der Waals surface area contributed by atoms with E-state index in [9.17, 15) is 19.2 Å². The fraction of sp³-hybridized carbons (Fsp3) is 0.304. The molecule has 0 saturated carbocycles. The quantitative estimate of drug-likeness (QED) is 0.298. The molecule has 1 aliphatic heterocycles. The van der Waals surface area contributed by atoms with Gasteiger partial charge in [-0.15, -0.1) is 0 Å². The van der Waals surface area contributed by atoms with Crippen LogP contribution in [0.25, 0.3) is 0 Å². The SMILES string of the molecule is CCCC[C@H](C(=O)OCC(=O)c1cccc(OC)c1)N1C(=O)c2cc(Cl)c(Cl)cc2C1=O. The van der Waals surface area contributed by atoms with Crippen LogP contribution in [0.5, 0.6) is 5.75 Å². The van der Waals surface area contributed by atoms with Crippen LogP contribution < -0.4 is 4.74 Å². The van der Waals surface area contributed by atoms with E-state index in [0.29, 0.717) is 17.7 Å². The Labute approximate surface area is 195 Å². The van der Waals surface area contributed by atoms with Crippen LogP contribution in [0.2, 0.25) is 10.0 Å². The number of rotatable bonds is 9. The molecule has 0 spiro atoms. The third kappa shape index (κ3) is 4.79. The molecule has 168 valence electrons. The summed E-state index contributed by atoms with van der Waals surface area (Å²) >= 11 is 12.0. The Hall–Kier alpha value is -2.90. The Kier molecular flexibility index (Phi) is 7.53. The molecule has 0 unspecified atom stereocenters. The summed E-state index contributed by atoms with van der Waals surface area (Å²) in [5.41, 5.74) is 0.463. The normalized spacial score (nSPS) is 13.7. The third-order valence-electron chi connectivity index (χ3n) is 5.11. The Morgan fingerprint density at radius 3 is 2.22 bits per heavy atom. The molecule has 32 heavy (non-hydrogen) atoms. The van der Waals surface area contributed by atoms with Crippen LogP contribution in [0.15, 0.2) is 36.4 Å². The van der Waals surface area contributed by atoms with Gasteiger partial charge in [-0.25, -0.2) is 4.79 Å². The number of halogens is 2. The lowest BCUT2D eigenvalue weighted by Gasteiger charge is -2.24. The van der Waals surface area contributed by atoms with E-state index in [4.69, 9.17) is 32.7 Å². The summed E-state index contributed by atoms with van der Waals surface area (Å²) < 4.78 is 10.3. The van der Waals surface area contributed by atoms with Crippen molar-refractivity contribution in [1.29, 1.82) is 0 Å². The molecule has 1 atom stereocenters. The minimum Gasteiger partial charge on any atom is -0.497 e. The highest BCUT2D eigenvalue weighted by Gasteiger charge is 2.43. The van der Waals surface area contributed by atoms with Gasteiger partial charge in [0.2, 0.25) is 0 Å². The van der Waals surface area contributed by atoms with Gasteiger partial charge in [0.25, 0.3) is 11.8 Å². The number of Topliss-reactive ketones (excluding diaryl/α,β-unsaturated/α-hetero) is 1. The lowest BCUT2D eigenvalue weighted by atomic mass is 10.1. The van der Waals surface area contributed by atoms with Crippen molar-refractivity contribution in [3.8, 4) is 5.75 Å². The minimum absolute atomic E-state index is 0.0751. The first-order valence-electron chi connectivity index (χ1n) is 9.99. The molecule has 0 saturated heterocycles. The van der Waals surface area contributed by atoms with E-state index in [1.807, 2.05) is 6.92 Å². The topological polar surface area (TPSA) is 90.0 Å². The molecule has 1 heterocycles. The van der Waals surface area contributed by atoms with Gasteiger partial charge >= 0.3 is 5.97 Å². The van der Waals surface area contributed by atoms with Gasteiger partial charge < -0.3 is 9.47 Å².